The van der Waals surface area contributed by atoms with Gasteiger partial charge in [0, 0.05) is 6.42 Å². The van der Waals surface area contributed by atoms with E-state index in [0.29, 0.717) is 6.42 Å². The van der Waals surface area contributed by atoms with Gasteiger partial charge in [-0.25, -0.2) is 0 Å². The Bertz CT molecular complexity index is 226. The predicted molar refractivity (Wildman–Crippen MR) is 91.5 cm³/mol. The van der Waals surface area contributed by atoms with Gasteiger partial charge in [0.25, 0.3) is 0 Å². The van der Waals surface area contributed by atoms with Gasteiger partial charge in [0.2, 0.25) is 0 Å². The van der Waals surface area contributed by atoms with E-state index in [-0.39, 0.29) is 5.97 Å². The maximum atomic E-state index is 10.9. The summed E-state index contributed by atoms with van der Waals surface area (Å²) in [4.78, 5) is 10.9. The molecule has 0 aromatic carbocycles. The van der Waals surface area contributed by atoms with E-state index < -0.39 is 0 Å². The standard InChI is InChI=1S/C19H38O2/c1-4-18(2)16-14-12-10-8-6-5-7-9-11-13-15-17-19(20)21-3/h18H,4-17H2,1-3H3. The van der Waals surface area contributed by atoms with Crippen molar-refractivity contribution in [1.29, 1.82) is 0 Å². The number of methoxy groups -OCH3 is 1. The summed E-state index contributed by atoms with van der Waals surface area (Å²) < 4.78 is 4.63. The monoisotopic (exact) mass is 298 g/mol. The van der Waals surface area contributed by atoms with Gasteiger partial charge in [-0.3, -0.25) is 4.79 Å². The van der Waals surface area contributed by atoms with Gasteiger partial charge in [0.1, 0.15) is 0 Å². The quantitative estimate of drug-likeness (QED) is 0.263. The fraction of sp³-hybridized carbons (Fsp3) is 0.947. The second kappa shape index (κ2) is 15.9. The molecule has 0 saturated carbocycles. The molecule has 0 N–H and O–H groups in total. The maximum absolute atomic E-state index is 10.9. The number of ether oxygens (including phenoxy) is 1. The van der Waals surface area contributed by atoms with Crippen molar-refractivity contribution in [3.63, 3.8) is 0 Å². The third-order valence-electron chi connectivity index (χ3n) is 4.50. The summed E-state index contributed by atoms with van der Waals surface area (Å²) in [5.74, 6) is 0.854. The molecule has 0 bridgehead atoms. The Hall–Kier alpha value is -0.530. The van der Waals surface area contributed by atoms with Crippen LogP contribution in [-0.2, 0) is 9.53 Å². The highest BCUT2D eigenvalue weighted by Gasteiger charge is 2.00. The van der Waals surface area contributed by atoms with Crippen molar-refractivity contribution in [1.82, 2.24) is 0 Å². The zero-order valence-electron chi connectivity index (χ0n) is 14.8. The highest BCUT2D eigenvalue weighted by atomic mass is 16.5. The lowest BCUT2D eigenvalue weighted by Gasteiger charge is -2.07. The molecule has 0 amide bonds. The molecule has 0 rings (SSSR count). The van der Waals surface area contributed by atoms with Crippen molar-refractivity contribution in [3.05, 3.63) is 0 Å². The number of carbonyl (C=O) groups is 1. The normalized spacial score (nSPS) is 12.3. The van der Waals surface area contributed by atoms with Gasteiger partial charge >= 0.3 is 5.97 Å². The number of rotatable bonds is 15. The van der Waals surface area contributed by atoms with Gasteiger partial charge < -0.3 is 4.74 Å². The molecule has 0 aromatic rings. The zero-order valence-corrected chi connectivity index (χ0v) is 14.8. The molecule has 0 radical (unpaired) electrons. The Labute approximate surface area is 133 Å². The summed E-state index contributed by atoms with van der Waals surface area (Å²) in [6.45, 7) is 4.66. The average molecular weight is 299 g/mol. The van der Waals surface area contributed by atoms with E-state index >= 15 is 0 Å². The summed E-state index contributed by atoms with van der Waals surface area (Å²) in [5.41, 5.74) is 0. The number of hydrogen-bond acceptors (Lipinski definition) is 2. The van der Waals surface area contributed by atoms with Crippen LogP contribution in [0.5, 0.6) is 0 Å². The van der Waals surface area contributed by atoms with Crippen molar-refractivity contribution in [3.8, 4) is 0 Å². The van der Waals surface area contributed by atoms with Gasteiger partial charge in [-0.2, -0.15) is 0 Å². The first-order valence-electron chi connectivity index (χ1n) is 9.27. The first-order chi connectivity index (χ1) is 10.2. The van der Waals surface area contributed by atoms with Crippen LogP contribution in [0.15, 0.2) is 0 Å². The van der Waals surface area contributed by atoms with Gasteiger partial charge in [-0.1, -0.05) is 90.9 Å². The lowest BCUT2D eigenvalue weighted by Crippen LogP contribution is -1.99. The highest BCUT2D eigenvalue weighted by Crippen LogP contribution is 2.15. The summed E-state index contributed by atoms with van der Waals surface area (Å²) in [5, 5.41) is 0. The summed E-state index contributed by atoms with van der Waals surface area (Å²) in [6.07, 6.45) is 18.0. The van der Waals surface area contributed by atoms with E-state index in [1.807, 2.05) is 0 Å². The Morgan fingerprint density at radius 1 is 0.810 bits per heavy atom. The molecule has 2 heteroatoms. The summed E-state index contributed by atoms with van der Waals surface area (Å²) in [7, 11) is 1.47. The van der Waals surface area contributed by atoms with Gasteiger partial charge in [-0.15, -0.1) is 0 Å². The van der Waals surface area contributed by atoms with E-state index in [4.69, 9.17) is 0 Å². The SMILES string of the molecule is CCC(C)CCCCCCCCCCCCCC(=O)OC. The van der Waals surface area contributed by atoms with Gasteiger partial charge in [-0.05, 0) is 12.3 Å². The van der Waals surface area contributed by atoms with Crippen LogP contribution >= 0.6 is 0 Å². The predicted octanol–water partition coefficient (Wildman–Crippen LogP) is 6.28. The van der Waals surface area contributed by atoms with Crippen molar-refractivity contribution >= 4 is 5.97 Å². The van der Waals surface area contributed by atoms with Crippen LogP contribution in [0.3, 0.4) is 0 Å². The minimum Gasteiger partial charge on any atom is -0.469 e. The molecule has 21 heavy (non-hydrogen) atoms. The first kappa shape index (κ1) is 20.5. The van der Waals surface area contributed by atoms with Crippen LogP contribution in [0.4, 0.5) is 0 Å². The molecule has 0 aromatic heterocycles. The molecular weight excluding hydrogens is 260 g/mol. The fourth-order valence-electron chi connectivity index (χ4n) is 2.66. The molecule has 0 aliphatic heterocycles. The first-order valence-corrected chi connectivity index (χ1v) is 9.27. The van der Waals surface area contributed by atoms with Crippen molar-refractivity contribution in [2.45, 2.75) is 104 Å². The Balaban J connectivity index is 3.04. The molecule has 0 fully saturated rings. The van der Waals surface area contributed by atoms with Crippen LogP contribution in [0.2, 0.25) is 0 Å². The molecule has 2 nitrogen and oxygen atoms in total. The van der Waals surface area contributed by atoms with Crippen LogP contribution in [0.25, 0.3) is 0 Å². The van der Waals surface area contributed by atoms with E-state index in [2.05, 4.69) is 18.6 Å². The smallest absolute Gasteiger partial charge is 0.305 e. The second-order valence-electron chi connectivity index (χ2n) is 6.52. The van der Waals surface area contributed by atoms with E-state index in [0.717, 1.165) is 12.3 Å². The lowest BCUT2D eigenvalue weighted by molar-refractivity contribution is -0.140. The maximum Gasteiger partial charge on any atom is 0.305 e. The van der Waals surface area contributed by atoms with Gasteiger partial charge in [0.05, 0.1) is 7.11 Å². The Morgan fingerprint density at radius 2 is 1.24 bits per heavy atom. The largest absolute Gasteiger partial charge is 0.469 e. The molecule has 1 unspecified atom stereocenters. The van der Waals surface area contributed by atoms with Crippen LogP contribution < -0.4 is 0 Å². The molecule has 0 saturated heterocycles. The number of hydrogen-bond donors (Lipinski definition) is 0. The highest BCUT2D eigenvalue weighted by molar-refractivity contribution is 5.68. The molecule has 0 aliphatic rings. The molecular formula is C19H38O2. The topological polar surface area (TPSA) is 26.3 Å². The van der Waals surface area contributed by atoms with Crippen LogP contribution in [0, 0.1) is 5.92 Å². The summed E-state index contributed by atoms with van der Waals surface area (Å²) in [6, 6.07) is 0. The molecule has 1 atom stereocenters. The van der Waals surface area contributed by atoms with Gasteiger partial charge in [0.15, 0.2) is 0 Å². The van der Waals surface area contributed by atoms with Crippen molar-refractivity contribution in [2.75, 3.05) is 7.11 Å². The Morgan fingerprint density at radius 3 is 1.67 bits per heavy atom. The number of unbranched alkanes of at least 4 members (excludes halogenated alkanes) is 10. The van der Waals surface area contributed by atoms with Crippen molar-refractivity contribution in [2.24, 2.45) is 5.92 Å². The lowest BCUT2D eigenvalue weighted by atomic mass is 9.99. The summed E-state index contributed by atoms with van der Waals surface area (Å²) >= 11 is 0. The van der Waals surface area contributed by atoms with E-state index in [1.54, 1.807) is 0 Å². The molecule has 0 spiro atoms. The molecule has 126 valence electrons. The molecule has 0 heterocycles. The van der Waals surface area contributed by atoms with Crippen LogP contribution in [0.1, 0.15) is 104 Å². The van der Waals surface area contributed by atoms with E-state index in [9.17, 15) is 4.79 Å². The second-order valence-corrected chi connectivity index (χ2v) is 6.52. The fourth-order valence-corrected chi connectivity index (χ4v) is 2.66. The van der Waals surface area contributed by atoms with E-state index in [1.165, 1.54) is 84.2 Å². The van der Waals surface area contributed by atoms with Crippen molar-refractivity contribution < 1.29 is 9.53 Å². The number of carbonyl (C=O) groups excluding carboxylic acids is 1. The molecule has 0 aliphatic carbocycles. The third kappa shape index (κ3) is 15.7. The Kier molecular flexibility index (Phi) is 15.5. The zero-order chi connectivity index (χ0) is 15.8. The minimum absolute atomic E-state index is 0.0664. The number of esters is 1. The third-order valence-corrected chi connectivity index (χ3v) is 4.50. The minimum atomic E-state index is -0.0664. The average Bonchev–Trinajstić information content (AvgIpc) is 2.51. The van der Waals surface area contributed by atoms with Crippen LogP contribution in [-0.4, -0.2) is 13.1 Å².